The third kappa shape index (κ3) is 1.58. The fourth-order valence-corrected chi connectivity index (χ4v) is 2.03. The Morgan fingerprint density at radius 3 is 2.62 bits per heavy atom. The van der Waals surface area contributed by atoms with E-state index in [1.165, 1.54) is 23.6 Å². The number of hydrogen-bond acceptors (Lipinski definition) is 1. The maximum absolute atomic E-state index is 11.0. The molecule has 0 unspecified atom stereocenters. The van der Waals surface area contributed by atoms with Gasteiger partial charge in [0.25, 0.3) is 0 Å². The van der Waals surface area contributed by atoms with Gasteiger partial charge in [0.1, 0.15) is 0 Å². The average Bonchev–Trinajstić information content (AvgIpc) is 2.43. The molecule has 1 aromatic carbocycles. The highest BCUT2D eigenvalue weighted by Crippen LogP contribution is 2.26. The number of carbonyl (C=O) groups is 1. The van der Waals surface area contributed by atoms with Gasteiger partial charge in [-0.2, -0.15) is 0 Å². The van der Waals surface area contributed by atoms with Crippen LogP contribution in [0.25, 0.3) is 10.9 Å². The molecule has 0 spiro atoms. The van der Waals surface area contributed by atoms with Crippen molar-refractivity contribution in [3.8, 4) is 0 Å². The summed E-state index contributed by atoms with van der Waals surface area (Å²) < 4.78 is 2.15. The van der Waals surface area contributed by atoms with Gasteiger partial charge in [0, 0.05) is 30.7 Å². The molecule has 3 heteroatoms. The van der Waals surface area contributed by atoms with Crippen LogP contribution >= 0.6 is 0 Å². The number of nitrogens with zero attached hydrogens (tertiary/aromatic N) is 1. The third-order valence-electron chi connectivity index (χ3n) is 3.13. The van der Waals surface area contributed by atoms with Crippen molar-refractivity contribution in [2.75, 3.05) is 5.32 Å². The number of anilines is 1. The Kier molecular flexibility index (Phi) is 2.46. The van der Waals surface area contributed by atoms with Gasteiger partial charge in [-0.15, -0.1) is 0 Å². The molecule has 1 amide bonds. The van der Waals surface area contributed by atoms with Crippen LogP contribution in [0.5, 0.6) is 0 Å². The smallest absolute Gasteiger partial charge is 0.221 e. The van der Waals surface area contributed by atoms with Gasteiger partial charge in [0.15, 0.2) is 0 Å². The molecule has 2 rings (SSSR count). The number of aromatic nitrogens is 1. The van der Waals surface area contributed by atoms with Crippen LogP contribution in [0.4, 0.5) is 5.69 Å². The summed E-state index contributed by atoms with van der Waals surface area (Å²) in [6, 6.07) is 6.01. The molecule has 0 aliphatic rings. The zero-order valence-corrected chi connectivity index (χ0v) is 10.1. The van der Waals surface area contributed by atoms with Crippen LogP contribution < -0.4 is 5.32 Å². The molecule has 1 N–H and O–H groups in total. The van der Waals surface area contributed by atoms with E-state index >= 15 is 0 Å². The lowest BCUT2D eigenvalue weighted by molar-refractivity contribution is -0.114. The Morgan fingerprint density at radius 2 is 2.00 bits per heavy atom. The summed E-state index contributed by atoms with van der Waals surface area (Å²) in [6.45, 7) is 5.74. The number of rotatable bonds is 1. The highest BCUT2D eigenvalue weighted by atomic mass is 16.1. The Hall–Kier alpha value is -1.77. The lowest BCUT2D eigenvalue weighted by Crippen LogP contribution is -2.05. The van der Waals surface area contributed by atoms with Gasteiger partial charge >= 0.3 is 0 Å². The fraction of sp³-hybridized carbons (Fsp3) is 0.308. The predicted molar refractivity (Wildman–Crippen MR) is 66.7 cm³/mol. The van der Waals surface area contributed by atoms with Crippen LogP contribution in [0.15, 0.2) is 18.2 Å². The van der Waals surface area contributed by atoms with E-state index in [0.717, 1.165) is 11.2 Å². The molecule has 0 saturated heterocycles. The quantitative estimate of drug-likeness (QED) is 0.781. The third-order valence-corrected chi connectivity index (χ3v) is 3.13. The minimum atomic E-state index is -0.0398. The van der Waals surface area contributed by atoms with E-state index in [9.17, 15) is 4.79 Å². The zero-order valence-electron chi connectivity index (χ0n) is 10.1. The van der Waals surface area contributed by atoms with Gasteiger partial charge in [-0.05, 0) is 31.5 Å². The van der Waals surface area contributed by atoms with Crippen molar-refractivity contribution in [2.45, 2.75) is 20.8 Å². The second-order valence-corrected chi connectivity index (χ2v) is 4.18. The number of carbonyl (C=O) groups excluding carboxylic acids is 1. The highest BCUT2D eigenvalue weighted by molar-refractivity contribution is 5.93. The maximum atomic E-state index is 11.0. The Labute approximate surface area is 95.1 Å². The molecule has 1 heterocycles. The van der Waals surface area contributed by atoms with E-state index < -0.39 is 0 Å². The highest BCUT2D eigenvalue weighted by Gasteiger charge is 2.08. The summed E-state index contributed by atoms with van der Waals surface area (Å²) in [5.74, 6) is -0.0398. The maximum Gasteiger partial charge on any atom is 0.221 e. The summed E-state index contributed by atoms with van der Waals surface area (Å²) in [5, 5.41) is 4.05. The molecule has 3 nitrogen and oxygen atoms in total. The monoisotopic (exact) mass is 216 g/mol. The Balaban J connectivity index is 2.62. The first-order valence-corrected chi connectivity index (χ1v) is 5.34. The number of hydrogen-bond donors (Lipinski definition) is 1. The van der Waals surface area contributed by atoms with E-state index in [1.807, 2.05) is 19.2 Å². The molecular weight excluding hydrogens is 200 g/mol. The van der Waals surface area contributed by atoms with Gasteiger partial charge in [-0.1, -0.05) is 6.07 Å². The minimum absolute atomic E-state index is 0.0398. The average molecular weight is 216 g/mol. The normalized spacial score (nSPS) is 10.8. The van der Waals surface area contributed by atoms with Crippen LogP contribution in [0.3, 0.4) is 0 Å². The number of benzene rings is 1. The summed E-state index contributed by atoms with van der Waals surface area (Å²) >= 11 is 0. The van der Waals surface area contributed by atoms with Crippen LogP contribution in [-0.2, 0) is 11.8 Å². The Morgan fingerprint density at radius 1 is 1.31 bits per heavy atom. The topological polar surface area (TPSA) is 34.0 Å². The van der Waals surface area contributed by atoms with E-state index in [0.29, 0.717) is 0 Å². The molecular formula is C13H16N2O. The first kappa shape index (κ1) is 10.7. The predicted octanol–water partition coefficient (Wildman–Crippen LogP) is 2.75. The van der Waals surface area contributed by atoms with Crippen LogP contribution in [0.2, 0.25) is 0 Å². The molecule has 0 aliphatic heterocycles. The molecule has 0 radical (unpaired) electrons. The second kappa shape index (κ2) is 3.67. The van der Waals surface area contributed by atoms with E-state index in [2.05, 4.69) is 29.8 Å². The SMILES string of the molecule is CC(=O)Nc1ccc2c(C)c(C)n(C)c2c1. The van der Waals surface area contributed by atoms with Crippen LogP contribution in [0, 0.1) is 13.8 Å². The summed E-state index contributed by atoms with van der Waals surface area (Å²) in [6.07, 6.45) is 0. The zero-order chi connectivity index (χ0) is 11.9. The number of aryl methyl sites for hydroxylation is 2. The number of fused-ring (bicyclic) bond motifs is 1. The summed E-state index contributed by atoms with van der Waals surface area (Å²) in [5.41, 5.74) is 4.56. The van der Waals surface area contributed by atoms with Gasteiger partial charge in [0.2, 0.25) is 5.91 Å². The largest absolute Gasteiger partial charge is 0.348 e. The molecule has 1 aromatic heterocycles. The number of nitrogens with one attached hydrogen (secondary N) is 1. The van der Waals surface area contributed by atoms with E-state index in [1.54, 1.807) is 0 Å². The van der Waals surface area contributed by atoms with Crippen molar-refractivity contribution in [3.05, 3.63) is 29.5 Å². The molecule has 0 aliphatic carbocycles. The van der Waals surface area contributed by atoms with E-state index in [-0.39, 0.29) is 5.91 Å². The van der Waals surface area contributed by atoms with E-state index in [4.69, 9.17) is 0 Å². The molecule has 0 atom stereocenters. The molecule has 0 bridgehead atoms. The summed E-state index contributed by atoms with van der Waals surface area (Å²) in [4.78, 5) is 11.0. The lowest BCUT2D eigenvalue weighted by Gasteiger charge is -2.03. The molecule has 84 valence electrons. The van der Waals surface area contributed by atoms with Crippen molar-refractivity contribution in [2.24, 2.45) is 7.05 Å². The number of amides is 1. The van der Waals surface area contributed by atoms with Crippen molar-refractivity contribution in [1.29, 1.82) is 0 Å². The molecule has 0 fully saturated rings. The van der Waals surface area contributed by atoms with Gasteiger partial charge in [0.05, 0.1) is 5.52 Å². The molecule has 16 heavy (non-hydrogen) atoms. The standard InChI is InChI=1S/C13H16N2O/c1-8-9(2)15(4)13-7-11(14-10(3)16)5-6-12(8)13/h5-7H,1-4H3,(H,14,16). The van der Waals surface area contributed by atoms with Gasteiger partial charge < -0.3 is 9.88 Å². The van der Waals surface area contributed by atoms with Gasteiger partial charge in [-0.25, -0.2) is 0 Å². The lowest BCUT2D eigenvalue weighted by atomic mass is 10.1. The van der Waals surface area contributed by atoms with Crippen molar-refractivity contribution in [1.82, 2.24) is 4.57 Å². The van der Waals surface area contributed by atoms with Crippen molar-refractivity contribution >= 4 is 22.5 Å². The molecule has 0 saturated carbocycles. The fourth-order valence-electron chi connectivity index (χ4n) is 2.03. The molecule has 2 aromatic rings. The first-order valence-electron chi connectivity index (χ1n) is 5.34. The van der Waals surface area contributed by atoms with Gasteiger partial charge in [-0.3, -0.25) is 4.79 Å². The Bertz CT molecular complexity index is 567. The first-order chi connectivity index (χ1) is 7.50. The van der Waals surface area contributed by atoms with Crippen molar-refractivity contribution in [3.63, 3.8) is 0 Å². The van der Waals surface area contributed by atoms with Crippen LogP contribution in [0.1, 0.15) is 18.2 Å². The second-order valence-electron chi connectivity index (χ2n) is 4.18. The van der Waals surface area contributed by atoms with Crippen LogP contribution in [-0.4, -0.2) is 10.5 Å². The summed E-state index contributed by atoms with van der Waals surface area (Å²) in [7, 11) is 2.04. The minimum Gasteiger partial charge on any atom is -0.348 e. The van der Waals surface area contributed by atoms with Crippen molar-refractivity contribution < 1.29 is 4.79 Å².